The Kier molecular flexibility index (Phi) is 10.6. The van der Waals surface area contributed by atoms with Crippen LogP contribution in [-0.2, 0) is 16.0 Å². The number of guanidine groups is 1. The van der Waals surface area contributed by atoms with E-state index in [1.807, 2.05) is 19.1 Å². The zero-order valence-electron chi connectivity index (χ0n) is 15.1. The molecule has 0 bridgehead atoms. The van der Waals surface area contributed by atoms with E-state index in [0.29, 0.717) is 16.7 Å². The van der Waals surface area contributed by atoms with E-state index in [1.165, 1.54) is 0 Å². The monoisotopic (exact) mass is 513 g/mol. The quantitative estimate of drug-likeness (QED) is 0.280. The van der Waals surface area contributed by atoms with Gasteiger partial charge in [-0.05, 0) is 43.9 Å². The second-order valence-electron chi connectivity index (χ2n) is 5.97. The maximum Gasteiger partial charge on any atom is 0.309 e. The summed E-state index contributed by atoms with van der Waals surface area (Å²) >= 11 is 12.1. The van der Waals surface area contributed by atoms with E-state index in [1.54, 1.807) is 13.1 Å². The predicted molar refractivity (Wildman–Crippen MR) is 118 cm³/mol. The Balaban J connectivity index is 0.00000338. The van der Waals surface area contributed by atoms with Gasteiger partial charge in [-0.3, -0.25) is 9.79 Å². The van der Waals surface area contributed by atoms with Crippen LogP contribution in [0, 0.1) is 5.92 Å². The number of rotatable bonds is 5. The third-order valence-corrected chi connectivity index (χ3v) is 4.91. The van der Waals surface area contributed by atoms with Gasteiger partial charge in [-0.1, -0.05) is 29.3 Å². The Labute approximate surface area is 182 Å². The van der Waals surface area contributed by atoms with Crippen LogP contribution in [0.15, 0.2) is 23.2 Å². The number of carbonyl (C=O) groups excluding carboxylic acids is 1. The van der Waals surface area contributed by atoms with E-state index in [2.05, 4.69) is 15.2 Å². The van der Waals surface area contributed by atoms with Gasteiger partial charge < -0.3 is 15.0 Å². The molecule has 1 aromatic carbocycles. The number of carbonyl (C=O) groups is 1. The first-order chi connectivity index (χ1) is 12.0. The minimum atomic E-state index is -0.0810. The van der Waals surface area contributed by atoms with Crippen molar-refractivity contribution in [2.45, 2.75) is 26.2 Å². The fourth-order valence-corrected chi connectivity index (χ4v) is 3.46. The fraction of sp³-hybridized carbons (Fsp3) is 0.556. The van der Waals surface area contributed by atoms with Gasteiger partial charge in [0.1, 0.15) is 0 Å². The molecule has 0 aliphatic carbocycles. The average molecular weight is 514 g/mol. The third kappa shape index (κ3) is 6.78. The Morgan fingerprint density at radius 1 is 1.35 bits per heavy atom. The summed E-state index contributed by atoms with van der Waals surface area (Å²) in [5.41, 5.74) is 1.05. The molecule has 0 unspecified atom stereocenters. The highest BCUT2D eigenvalue weighted by Crippen LogP contribution is 2.21. The summed E-state index contributed by atoms with van der Waals surface area (Å²) in [5, 5.41) is 4.69. The lowest BCUT2D eigenvalue weighted by molar-refractivity contribution is -0.149. The molecule has 26 heavy (non-hydrogen) atoms. The fourth-order valence-electron chi connectivity index (χ4n) is 2.95. The predicted octanol–water partition coefficient (Wildman–Crippen LogP) is 4.00. The molecule has 5 nitrogen and oxygen atoms in total. The van der Waals surface area contributed by atoms with Gasteiger partial charge in [0.2, 0.25) is 0 Å². The molecule has 1 aliphatic rings. The first kappa shape index (κ1) is 23.3. The molecule has 0 radical (unpaired) electrons. The number of aliphatic imine (C=N–C) groups is 1. The van der Waals surface area contributed by atoms with Crippen molar-refractivity contribution in [1.29, 1.82) is 0 Å². The number of halogens is 3. The normalized spacial score (nSPS) is 15.4. The smallest absolute Gasteiger partial charge is 0.309 e. The van der Waals surface area contributed by atoms with E-state index in [0.717, 1.165) is 50.4 Å². The van der Waals surface area contributed by atoms with Gasteiger partial charge in [-0.15, -0.1) is 24.0 Å². The highest BCUT2D eigenvalue weighted by atomic mass is 127. The molecule has 0 saturated carbocycles. The van der Waals surface area contributed by atoms with E-state index in [9.17, 15) is 4.79 Å². The molecule has 1 fully saturated rings. The molecular formula is C18H26Cl2IN3O2. The first-order valence-electron chi connectivity index (χ1n) is 8.61. The molecule has 1 heterocycles. The highest BCUT2D eigenvalue weighted by molar-refractivity contribution is 14.0. The van der Waals surface area contributed by atoms with Crippen molar-refractivity contribution in [3.8, 4) is 0 Å². The number of ether oxygens (including phenoxy) is 1. The summed E-state index contributed by atoms with van der Waals surface area (Å²) in [6, 6.07) is 5.55. The number of hydrogen-bond donors (Lipinski definition) is 1. The minimum absolute atomic E-state index is 0. The molecule has 1 aromatic rings. The molecule has 0 spiro atoms. The van der Waals surface area contributed by atoms with Gasteiger partial charge in [0.15, 0.2) is 5.96 Å². The summed E-state index contributed by atoms with van der Waals surface area (Å²) in [4.78, 5) is 18.3. The largest absolute Gasteiger partial charge is 0.466 e. The van der Waals surface area contributed by atoms with Crippen LogP contribution in [-0.4, -0.2) is 50.1 Å². The van der Waals surface area contributed by atoms with Crippen molar-refractivity contribution in [3.63, 3.8) is 0 Å². The molecule has 0 amide bonds. The lowest BCUT2D eigenvalue weighted by atomic mass is 9.97. The van der Waals surface area contributed by atoms with Gasteiger partial charge >= 0.3 is 5.97 Å². The lowest BCUT2D eigenvalue weighted by Crippen LogP contribution is -2.47. The standard InChI is InChI=1S/C18H25Cl2N3O2.HI/c1-3-25-17(24)14-7-10-23(11-8-14)18(21-2)22-9-6-13-4-5-15(19)12-16(13)20;/h4-5,12,14H,3,6-11H2,1-2H3,(H,21,22);1H. The Hall–Kier alpha value is -0.730. The van der Waals surface area contributed by atoms with Gasteiger partial charge in [-0.2, -0.15) is 0 Å². The summed E-state index contributed by atoms with van der Waals surface area (Å²) in [6.45, 7) is 4.60. The van der Waals surface area contributed by atoms with Crippen molar-refractivity contribution >= 4 is 59.1 Å². The zero-order valence-corrected chi connectivity index (χ0v) is 19.0. The van der Waals surface area contributed by atoms with Crippen LogP contribution in [0.1, 0.15) is 25.3 Å². The molecule has 8 heteroatoms. The van der Waals surface area contributed by atoms with Crippen LogP contribution >= 0.6 is 47.2 Å². The second-order valence-corrected chi connectivity index (χ2v) is 6.82. The van der Waals surface area contributed by atoms with E-state index in [-0.39, 0.29) is 35.9 Å². The number of hydrogen-bond acceptors (Lipinski definition) is 3. The van der Waals surface area contributed by atoms with Crippen molar-refractivity contribution in [3.05, 3.63) is 33.8 Å². The van der Waals surface area contributed by atoms with Gasteiger partial charge in [-0.25, -0.2) is 0 Å². The maximum atomic E-state index is 11.8. The van der Waals surface area contributed by atoms with E-state index in [4.69, 9.17) is 27.9 Å². The van der Waals surface area contributed by atoms with Crippen molar-refractivity contribution in [2.24, 2.45) is 10.9 Å². The number of nitrogens with one attached hydrogen (secondary N) is 1. The van der Waals surface area contributed by atoms with Crippen LogP contribution in [0.4, 0.5) is 0 Å². The summed E-state index contributed by atoms with van der Waals surface area (Å²) in [7, 11) is 1.77. The SMILES string of the molecule is CCOC(=O)C1CCN(C(=NC)NCCc2ccc(Cl)cc2Cl)CC1.I. The number of nitrogens with zero attached hydrogens (tertiary/aromatic N) is 2. The first-order valence-corrected chi connectivity index (χ1v) is 9.37. The molecule has 1 N–H and O–H groups in total. The summed E-state index contributed by atoms with van der Waals surface area (Å²) in [5.74, 6) is 0.775. The average Bonchev–Trinajstić information content (AvgIpc) is 2.61. The Bertz CT molecular complexity index is 620. The van der Waals surface area contributed by atoms with Crippen LogP contribution in [0.2, 0.25) is 10.0 Å². The summed E-state index contributed by atoms with van der Waals surface area (Å²) < 4.78 is 5.11. The van der Waals surface area contributed by atoms with E-state index >= 15 is 0 Å². The van der Waals surface area contributed by atoms with Gasteiger partial charge in [0.05, 0.1) is 12.5 Å². The minimum Gasteiger partial charge on any atom is -0.466 e. The number of benzene rings is 1. The molecule has 0 aromatic heterocycles. The highest BCUT2D eigenvalue weighted by Gasteiger charge is 2.27. The zero-order chi connectivity index (χ0) is 18.2. The number of esters is 1. The molecule has 146 valence electrons. The Morgan fingerprint density at radius 3 is 2.62 bits per heavy atom. The second kappa shape index (κ2) is 11.9. The van der Waals surface area contributed by atoms with Crippen LogP contribution in [0.3, 0.4) is 0 Å². The molecule has 1 saturated heterocycles. The van der Waals surface area contributed by atoms with Crippen LogP contribution in [0.5, 0.6) is 0 Å². The van der Waals surface area contributed by atoms with Crippen LogP contribution < -0.4 is 5.32 Å². The molecule has 2 rings (SSSR count). The van der Waals surface area contributed by atoms with Crippen molar-refractivity contribution in [2.75, 3.05) is 33.3 Å². The number of likely N-dealkylation sites (tertiary alicyclic amines) is 1. The van der Waals surface area contributed by atoms with Crippen molar-refractivity contribution < 1.29 is 9.53 Å². The molecule has 1 aliphatic heterocycles. The van der Waals surface area contributed by atoms with E-state index < -0.39 is 0 Å². The van der Waals surface area contributed by atoms with Gasteiger partial charge in [0.25, 0.3) is 0 Å². The van der Waals surface area contributed by atoms with Crippen LogP contribution in [0.25, 0.3) is 0 Å². The summed E-state index contributed by atoms with van der Waals surface area (Å²) in [6.07, 6.45) is 2.37. The molecule has 0 atom stereocenters. The maximum absolute atomic E-state index is 11.8. The lowest BCUT2D eigenvalue weighted by Gasteiger charge is -2.33. The van der Waals surface area contributed by atoms with Crippen molar-refractivity contribution in [1.82, 2.24) is 10.2 Å². The molecular weight excluding hydrogens is 488 g/mol. The topological polar surface area (TPSA) is 53.9 Å². The number of piperidine rings is 1. The third-order valence-electron chi connectivity index (χ3n) is 4.32. The van der Waals surface area contributed by atoms with Gasteiger partial charge in [0, 0.05) is 36.7 Å². The Morgan fingerprint density at radius 2 is 2.04 bits per heavy atom.